The highest BCUT2D eigenvalue weighted by molar-refractivity contribution is 7.22. The van der Waals surface area contributed by atoms with Gasteiger partial charge in [0.25, 0.3) is 5.78 Å². The first-order valence-electron chi connectivity index (χ1n) is 12.2. The number of Topliss-reactive ketones (excluding diaryl/α,β-unsaturated/α-hetero) is 1. The lowest BCUT2D eigenvalue weighted by Gasteiger charge is -2.23. The van der Waals surface area contributed by atoms with Crippen LogP contribution in [0.3, 0.4) is 0 Å². The summed E-state index contributed by atoms with van der Waals surface area (Å²) in [6.45, 7) is 4.84. The predicted molar refractivity (Wildman–Crippen MR) is 144 cm³/mol. The van der Waals surface area contributed by atoms with Crippen molar-refractivity contribution in [3.8, 4) is 11.5 Å². The van der Waals surface area contributed by atoms with Gasteiger partial charge in [-0.05, 0) is 73.5 Å². The van der Waals surface area contributed by atoms with Crippen LogP contribution in [-0.4, -0.2) is 35.0 Å². The van der Waals surface area contributed by atoms with Gasteiger partial charge in [0.1, 0.15) is 23.1 Å². The molecule has 1 unspecified atom stereocenters. The molecule has 1 atom stereocenters. The Balaban J connectivity index is 1.67. The molecule has 194 valence electrons. The maximum absolute atomic E-state index is 13.9. The van der Waals surface area contributed by atoms with Crippen molar-refractivity contribution in [3.05, 3.63) is 89.2 Å². The van der Waals surface area contributed by atoms with Gasteiger partial charge in [0, 0.05) is 5.56 Å². The van der Waals surface area contributed by atoms with Crippen LogP contribution in [0.25, 0.3) is 16.0 Å². The zero-order valence-electron chi connectivity index (χ0n) is 20.8. The van der Waals surface area contributed by atoms with E-state index in [4.69, 9.17) is 9.47 Å². The van der Waals surface area contributed by atoms with E-state index in [1.54, 1.807) is 48.5 Å². The summed E-state index contributed by atoms with van der Waals surface area (Å²) >= 11 is 1.10. The lowest BCUT2D eigenvalue weighted by atomic mass is 9.95. The number of hydrogen-bond donors (Lipinski definition) is 1. The molecule has 1 aromatic heterocycles. The Kier molecular flexibility index (Phi) is 7.11. The summed E-state index contributed by atoms with van der Waals surface area (Å²) in [6.07, 6.45) is 0.808. The Bertz CT molecular complexity index is 1550. The lowest BCUT2D eigenvalue weighted by Crippen LogP contribution is -2.29. The Morgan fingerprint density at radius 2 is 1.82 bits per heavy atom. The topological polar surface area (TPSA) is 89.0 Å². The zero-order valence-corrected chi connectivity index (χ0v) is 21.6. The average Bonchev–Trinajstić information content (AvgIpc) is 3.45. The molecule has 0 bridgehead atoms. The molecule has 2 heterocycles. The number of benzene rings is 3. The van der Waals surface area contributed by atoms with Gasteiger partial charge >= 0.3 is 5.91 Å². The summed E-state index contributed by atoms with van der Waals surface area (Å²) in [6, 6.07) is 16.9. The summed E-state index contributed by atoms with van der Waals surface area (Å²) in [5, 5.41) is 11.6. The van der Waals surface area contributed by atoms with Gasteiger partial charge in [-0.2, -0.15) is 0 Å². The van der Waals surface area contributed by atoms with E-state index in [0.717, 1.165) is 17.8 Å². The van der Waals surface area contributed by atoms with Crippen molar-refractivity contribution in [2.45, 2.75) is 26.3 Å². The van der Waals surface area contributed by atoms with Crippen LogP contribution in [0.1, 0.15) is 37.4 Å². The van der Waals surface area contributed by atoms with Gasteiger partial charge in [-0.25, -0.2) is 9.37 Å². The standard InChI is InChI=1S/C29H25FN2O5S/c1-3-14-37-21-7-5-6-18(15-21)25-24(26(33)17-8-11-20(12-9-17)36-4-2)27(34)28(35)32(25)29-31-22-13-10-19(30)16-23(22)38-29/h5-13,15-16,25,33H,3-4,14H2,1-2H3. The van der Waals surface area contributed by atoms with Gasteiger partial charge in [-0.3, -0.25) is 14.5 Å². The van der Waals surface area contributed by atoms with E-state index in [1.165, 1.54) is 23.1 Å². The molecule has 1 N–H and O–H groups in total. The first-order valence-corrected chi connectivity index (χ1v) is 13.1. The highest BCUT2D eigenvalue weighted by Crippen LogP contribution is 2.45. The second-order valence-electron chi connectivity index (χ2n) is 8.66. The summed E-state index contributed by atoms with van der Waals surface area (Å²) < 4.78 is 25.7. The number of rotatable bonds is 8. The van der Waals surface area contributed by atoms with Crippen molar-refractivity contribution in [2.75, 3.05) is 18.1 Å². The third kappa shape index (κ3) is 4.72. The number of hydrogen-bond acceptors (Lipinski definition) is 7. The van der Waals surface area contributed by atoms with E-state index in [1.807, 2.05) is 13.8 Å². The van der Waals surface area contributed by atoms with Crippen molar-refractivity contribution in [2.24, 2.45) is 0 Å². The number of aromatic nitrogens is 1. The molecule has 1 aliphatic rings. The van der Waals surface area contributed by atoms with Gasteiger partial charge in [-0.1, -0.05) is 30.4 Å². The quantitative estimate of drug-likeness (QED) is 0.164. The molecule has 3 aromatic carbocycles. The van der Waals surface area contributed by atoms with E-state index in [2.05, 4.69) is 4.98 Å². The Hall–Kier alpha value is -4.24. The van der Waals surface area contributed by atoms with E-state index in [0.29, 0.717) is 46.1 Å². The van der Waals surface area contributed by atoms with Crippen molar-refractivity contribution in [3.63, 3.8) is 0 Å². The highest BCUT2D eigenvalue weighted by Gasteiger charge is 2.48. The molecule has 5 rings (SSSR count). The number of ether oxygens (including phenoxy) is 2. The lowest BCUT2D eigenvalue weighted by molar-refractivity contribution is -0.132. The van der Waals surface area contributed by atoms with Crippen molar-refractivity contribution >= 4 is 44.1 Å². The molecule has 0 radical (unpaired) electrons. The maximum atomic E-state index is 13.9. The largest absolute Gasteiger partial charge is 0.507 e. The Morgan fingerprint density at radius 3 is 2.55 bits per heavy atom. The monoisotopic (exact) mass is 532 g/mol. The molecule has 0 aliphatic carbocycles. The molecule has 1 amide bonds. The first kappa shape index (κ1) is 25.4. The highest BCUT2D eigenvalue weighted by atomic mass is 32.1. The van der Waals surface area contributed by atoms with E-state index >= 15 is 0 Å². The molecule has 1 saturated heterocycles. The fourth-order valence-electron chi connectivity index (χ4n) is 4.36. The van der Waals surface area contributed by atoms with Crippen LogP contribution in [0.2, 0.25) is 0 Å². The summed E-state index contributed by atoms with van der Waals surface area (Å²) in [5.74, 6) is -1.23. The van der Waals surface area contributed by atoms with Gasteiger partial charge in [-0.15, -0.1) is 0 Å². The molecule has 7 nitrogen and oxygen atoms in total. The number of carbonyl (C=O) groups excluding carboxylic acids is 2. The van der Waals surface area contributed by atoms with Gasteiger partial charge in [0.05, 0.1) is 35.0 Å². The molecule has 4 aromatic rings. The number of carbonyl (C=O) groups is 2. The molecule has 38 heavy (non-hydrogen) atoms. The van der Waals surface area contributed by atoms with E-state index in [9.17, 15) is 19.1 Å². The van der Waals surface area contributed by atoms with Crippen LogP contribution in [0.15, 0.2) is 72.3 Å². The van der Waals surface area contributed by atoms with Crippen LogP contribution >= 0.6 is 11.3 Å². The fraction of sp³-hybridized carbons (Fsp3) is 0.207. The van der Waals surface area contributed by atoms with Crippen molar-refractivity contribution < 1.29 is 28.6 Å². The molecule has 0 saturated carbocycles. The van der Waals surface area contributed by atoms with Gasteiger partial charge in [0.15, 0.2) is 5.13 Å². The van der Waals surface area contributed by atoms with Crippen LogP contribution in [0.5, 0.6) is 11.5 Å². The molecule has 1 fully saturated rings. The van der Waals surface area contributed by atoms with Crippen LogP contribution in [0, 0.1) is 5.82 Å². The van der Waals surface area contributed by atoms with Crippen LogP contribution in [0.4, 0.5) is 9.52 Å². The first-order chi connectivity index (χ1) is 18.4. The number of nitrogens with zero attached hydrogens (tertiary/aromatic N) is 2. The summed E-state index contributed by atoms with van der Waals surface area (Å²) in [5.41, 5.74) is 1.35. The van der Waals surface area contributed by atoms with E-state index in [-0.39, 0.29) is 16.5 Å². The fourth-order valence-corrected chi connectivity index (χ4v) is 5.38. The number of thiazole rings is 1. The normalized spacial score (nSPS) is 16.8. The minimum atomic E-state index is -0.975. The zero-order chi connectivity index (χ0) is 26.8. The SMILES string of the molecule is CCCOc1cccc(C2C(=C(O)c3ccc(OCC)cc3)C(=O)C(=O)N2c2nc3ccc(F)cc3s2)c1. The number of ketones is 1. The molecule has 0 spiro atoms. The summed E-state index contributed by atoms with van der Waals surface area (Å²) in [7, 11) is 0. The minimum absolute atomic E-state index is 0.0720. The number of amides is 1. The second kappa shape index (κ2) is 10.6. The molecule has 9 heteroatoms. The van der Waals surface area contributed by atoms with Gasteiger partial charge in [0.2, 0.25) is 0 Å². The summed E-state index contributed by atoms with van der Waals surface area (Å²) in [4.78, 5) is 32.7. The van der Waals surface area contributed by atoms with Crippen molar-refractivity contribution in [1.82, 2.24) is 4.98 Å². The van der Waals surface area contributed by atoms with E-state index < -0.39 is 23.5 Å². The molecular weight excluding hydrogens is 507 g/mol. The average molecular weight is 533 g/mol. The molecule has 1 aliphatic heterocycles. The number of aliphatic hydroxyl groups is 1. The van der Waals surface area contributed by atoms with Crippen LogP contribution in [-0.2, 0) is 9.59 Å². The Labute approximate surface area is 222 Å². The van der Waals surface area contributed by atoms with Crippen LogP contribution < -0.4 is 14.4 Å². The maximum Gasteiger partial charge on any atom is 0.301 e. The number of halogens is 1. The second-order valence-corrected chi connectivity index (χ2v) is 9.67. The number of fused-ring (bicyclic) bond motifs is 1. The minimum Gasteiger partial charge on any atom is -0.507 e. The predicted octanol–water partition coefficient (Wildman–Crippen LogP) is 6.25. The smallest absolute Gasteiger partial charge is 0.301 e. The van der Waals surface area contributed by atoms with Gasteiger partial charge < -0.3 is 14.6 Å². The third-order valence-electron chi connectivity index (χ3n) is 6.08. The third-order valence-corrected chi connectivity index (χ3v) is 7.09. The molecular formula is C29H25FN2O5S. The number of aliphatic hydroxyl groups excluding tert-OH is 1. The number of anilines is 1. The Morgan fingerprint density at radius 1 is 1.03 bits per heavy atom. The van der Waals surface area contributed by atoms with Crippen molar-refractivity contribution in [1.29, 1.82) is 0 Å².